The van der Waals surface area contributed by atoms with E-state index in [1.165, 1.54) is 16.7 Å². The normalized spacial score (nSPS) is 21.7. The van der Waals surface area contributed by atoms with Gasteiger partial charge in [0.2, 0.25) is 0 Å². The number of thioether (sulfide) groups is 1. The van der Waals surface area contributed by atoms with Crippen LogP contribution in [0.15, 0.2) is 12.3 Å². The average Bonchev–Trinajstić information content (AvgIpc) is 2.60. The molecule has 0 spiro atoms. The van der Waals surface area contributed by atoms with E-state index >= 15 is 0 Å². The highest BCUT2D eigenvalue weighted by atomic mass is 32.2. The highest BCUT2D eigenvalue weighted by Gasteiger charge is 2.37. The summed E-state index contributed by atoms with van der Waals surface area (Å²) in [6.45, 7) is 0. The standard InChI is InChI=1S/C8H8F3NO3S/c9-8(10,11)6(13)1-2-12-4-16-3-5(12)7(14)15/h1-2,5H,3-4H2,(H,14,15)/b2-1+/t5-/m0/s1. The maximum atomic E-state index is 11.8. The van der Waals surface area contributed by atoms with Crippen LogP contribution in [0.2, 0.25) is 0 Å². The summed E-state index contributed by atoms with van der Waals surface area (Å²) in [5.41, 5.74) is 0. The molecule has 1 heterocycles. The minimum Gasteiger partial charge on any atom is -0.480 e. The van der Waals surface area contributed by atoms with Crippen LogP contribution in [0.5, 0.6) is 0 Å². The second-order valence-electron chi connectivity index (χ2n) is 3.05. The minimum absolute atomic E-state index is 0.263. The molecule has 0 aromatic rings. The third-order valence-corrected chi connectivity index (χ3v) is 2.93. The third-order valence-electron chi connectivity index (χ3n) is 1.90. The van der Waals surface area contributed by atoms with Gasteiger partial charge in [0.05, 0.1) is 5.88 Å². The Bertz CT molecular complexity index is 329. The van der Waals surface area contributed by atoms with Crippen LogP contribution in [0, 0.1) is 0 Å². The van der Waals surface area contributed by atoms with Gasteiger partial charge in [-0.05, 0) is 0 Å². The lowest BCUT2D eigenvalue weighted by molar-refractivity contribution is -0.165. The summed E-state index contributed by atoms with van der Waals surface area (Å²) in [4.78, 5) is 22.4. The molecule has 0 amide bonds. The largest absolute Gasteiger partial charge is 0.480 e. The van der Waals surface area contributed by atoms with Crippen LogP contribution < -0.4 is 0 Å². The SMILES string of the molecule is O=C(O)[C@@H]1CSCN1/C=C/C(=O)C(F)(F)F. The molecule has 1 N–H and O–H groups in total. The number of carbonyl (C=O) groups is 2. The number of alkyl halides is 3. The zero-order valence-electron chi connectivity index (χ0n) is 7.90. The second kappa shape index (κ2) is 4.77. The highest BCUT2D eigenvalue weighted by molar-refractivity contribution is 7.99. The summed E-state index contributed by atoms with van der Waals surface area (Å²) in [5.74, 6) is -2.55. The van der Waals surface area contributed by atoms with Gasteiger partial charge in [-0.2, -0.15) is 13.2 Å². The van der Waals surface area contributed by atoms with Gasteiger partial charge in [-0.3, -0.25) is 4.79 Å². The molecule has 0 aromatic heterocycles. The van der Waals surface area contributed by atoms with Crippen LogP contribution in [-0.4, -0.2) is 45.6 Å². The van der Waals surface area contributed by atoms with Gasteiger partial charge in [0.15, 0.2) is 0 Å². The summed E-state index contributed by atoms with van der Waals surface area (Å²) in [6, 6.07) is -0.873. The van der Waals surface area contributed by atoms with E-state index in [4.69, 9.17) is 5.11 Å². The van der Waals surface area contributed by atoms with Crippen LogP contribution in [0.4, 0.5) is 13.2 Å². The van der Waals surface area contributed by atoms with Crippen LogP contribution in [0.25, 0.3) is 0 Å². The van der Waals surface area contributed by atoms with Crippen LogP contribution in [0.1, 0.15) is 0 Å². The maximum Gasteiger partial charge on any atom is 0.454 e. The molecule has 0 saturated carbocycles. The van der Waals surface area contributed by atoms with Crippen molar-refractivity contribution in [1.82, 2.24) is 4.90 Å². The number of allylic oxidation sites excluding steroid dienone is 1. The lowest BCUT2D eigenvalue weighted by atomic mass is 10.3. The fourth-order valence-electron chi connectivity index (χ4n) is 1.07. The van der Waals surface area contributed by atoms with Gasteiger partial charge in [-0.1, -0.05) is 0 Å². The Hall–Kier alpha value is -1.18. The first-order valence-electron chi connectivity index (χ1n) is 4.18. The smallest absolute Gasteiger partial charge is 0.454 e. The fourth-order valence-corrected chi connectivity index (χ4v) is 2.21. The maximum absolute atomic E-state index is 11.8. The van der Waals surface area contributed by atoms with E-state index in [0.29, 0.717) is 11.8 Å². The molecule has 90 valence electrons. The van der Waals surface area contributed by atoms with Crippen molar-refractivity contribution in [3.05, 3.63) is 12.3 Å². The molecular weight excluding hydrogens is 247 g/mol. The van der Waals surface area contributed by atoms with Gasteiger partial charge in [0.1, 0.15) is 6.04 Å². The lowest BCUT2D eigenvalue weighted by Crippen LogP contribution is -2.34. The summed E-state index contributed by atoms with van der Waals surface area (Å²) in [6.07, 6.45) is -3.68. The zero-order valence-corrected chi connectivity index (χ0v) is 8.72. The lowest BCUT2D eigenvalue weighted by Gasteiger charge is -2.17. The van der Waals surface area contributed by atoms with Gasteiger partial charge in [0, 0.05) is 18.0 Å². The van der Waals surface area contributed by atoms with Crippen molar-refractivity contribution < 1.29 is 27.9 Å². The Kier molecular flexibility index (Phi) is 3.84. The van der Waals surface area contributed by atoms with E-state index in [1.807, 2.05) is 0 Å². The molecule has 0 unspecified atom stereocenters. The monoisotopic (exact) mass is 255 g/mol. The van der Waals surface area contributed by atoms with Gasteiger partial charge >= 0.3 is 12.1 Å². The molecule has 0 aromatic carbocycles. The fraction of sp³-hybridized carbons (Fsp3) is 0.500. The van der Waals surface area contributed by atoms with E-state index < -0.39 is 24.0 Å². The first kappa shape index (κ1) is 12.9. The number of carboxylic acid groups (broad SMARTS) is 1. The first-order chi connectivity index (χ1) is 7.32. The van der Waals surface area contributed by atoms with Crippen molar-refractivity contribution in [3.63, 3.8) is 0 Å². The quantitative estimate of drug-likeness (QED) is 0.765. The van der Waals surface area contributed by atoms with Crippen molar-refractivity contribution in [2.24, 2.45) is 0 Å². The number of hydrogen-bond acceptors (Lipinski definition) is 4. The molecule has 0 radical (unpaired) electrons. The van der Waals surface area contributed by atoms with E-state index in [9.17, 15) is 22.8 Å². The number of hydrogen-bond donors (Lipinski definition) is 1. The van der Waals surface area contributed by atoms with Gasteiger partial charge in [0.25, 0.3) is 5.78 Å². The molecule has 16 heavy (non-hydrogen) atoms. The predicted octanol–water partition coefficient (Wildman–Crippen LogP) is 1.09. The molecule has 1 rings (SSSR count). The Morgan fingerprint density at radius 3 is 2.56 bits per heavy atom. The first-order valence-corrected chi connectivity index (χ1v) is 5.33. The van der Waals surface area contributed by atoms with Gasteiger partial charge in [-0.15, -0.1) is 11.8 Å². The molecule has 1 aliphatic rings. The molecule has 1 fully saturated rings. The number of ketones is 1. The number of halogens is 3. The van der Waals surface area contributed by atoms with Crippen LogP contribution >= 0.6 is 11.8 Å². The Morgan fingerprint density at radius 1 is 1.44 bits per heavy atom. The molecule has 1 aliphatic heterocycles. The summed E-state index contributed by atoms with van der Waals surface area (Å²) < 4.78 is 35.5. The molecule has 8 heteroatoms. The van der Waals surface area contributed by atoms with Crippen molar-refractivity contribution in [3.8, 4) is 0 Å². The van der Waals surface area contributed by atoms with E-state index in [0.717, 1.165) is 6.20 Å². The second-order valence-corrected chi connectivity index (χ2v) is 4.05. The van der Waals surface area contributed by atoms with E-state index in [1.54, 1.807) is 0 Å². The summed E-state index contributed by atoms with van der Waals surface area (Å²) >= 11 is 1.28. The van der Waals surface area contributed by atoms with E-state index in [2.05, 4.69) is 0 Å². The summed E-state index contributed by atoms with van der Waals surface area (Å²) in [7, 11) is 0. The Morgan fingerprint density at radius 2 is 2.06 bits per heavy atom. The van der Waals surface area contributed by atoms with Gasteiger partial charge in [-0.25, -0.2) is 4.79 Å². The number of aliphatic carboxylic acids is 1. The molecule has 0 aliphatic carbocycles. The number of carboxylic acids is 1. The molecule has 1 saturated heterocycles. The van der Waals surface area contributed by atoms with Crippen molar-refractivity contribution in [2.75, 3.05) is 11.6 Å². The molecule has 0 bridgehead atoms. The minimum atomic E-state index is -4.91. The third kappa shape index (κ3) is 3.16. The molecule has 4 nitrogen and oxygen atoms in total. The van der Waals surface area contributed by atoms with Crippen molar-refractivity contribution in [1.29, 1.82) is 0 Å². The Labute approximate surface area is 93.1 Å². The molecular formula is C8H8F3NO3S. The van der Waals surface area contributed by atoms with Crippen molar-refractivity contribution >= 4 is 23.5 Å². The number of rotatable bonds is 3. The zero-order chi connectivity index (χ0) is 12.3. The average molecular weight is 255 g/mol. The highest BCUT2D eigenvalue weighted by Crippen LogP contribution is 2.22. The predicted molar refractivity (Wildman–Crippen MR) is 50.8 cm³/mol. The number of nitrogens with zero attached hydrogens (tertiary/aromatic N) is 1. The Balaban J connectivity index is 2.63. The van der Waals surface area contributed by atoms with Crippen LogP contribution in [0.3, 0.4) is 0 Å². The van der Waals surface area contributed by atoms with E-state index in [-0.39, 0.29) is 5.88 Å². The van der Waals surface area contributed by atoms with Crippen LogP contribution in [-0.2, 0) is 9.59 Å². The summed E-state index contributed by atoms with van der Waals surface area (Å²) in [5, 5.41) is 8.71. The number of carbonyl (C=O) groups excluding carboxylic acids is 1. The van der Waals surface area contributed by atoms with Crippen molar-refractivity contribution in [2.45, 2.75) is 12.2 Å². The molecule has 1 atom stereocenters. The topological polar surface area (TPSA) is 57.6 Å². The van der Waals surface area contributed by atoms with Gasteiger partial charge < -0.3 is 10.0 Å².